The Morgan fingerprint density at radius 3 is 2.48 bits per heavy atom. The van der Waals surface area contributed by atoms with Gasteiger partial charge >= 0.3 is 0 Å². The van der Waals surface area contributed by atoms with Crippen LogP contribution in [-0.2, 0) is 16.6 Å². The summed E-state index contributed by atoms with van der Waals surface area (Å²) < 4.78 is 27.8. The highest BCUT2D eigenvalue weighted by molar-refractivity contribution is 9.10. The van der Waals surface area contributed by atoms with Crippen molar-refractivity contribution in [3.05, 3.63) is 52.6 Å². The van der Waals surface area contributed by atoms with Crippen molar-refractivity contribution in [2.24, 2.45) is 0 Å². The molecule has 5 nitrogen and oxygen atoms in total. The van der Waals surface area contributed by atoms with E-state index in [9.17, 15) is 8.42 Å². The van der Waals surface area contributed by atoms with Crippen molar-refractivity contribution in [2.45, 2.75) is 30.7 Å². The van der Waals surface area contributed by atoms with E-state index in [1.807, 2.05) is 30.1 Å². The van der Waals surface area contributed by atoms with E-state index >= 15 is 0 Å². The summed E-state index contributed by atoms with van der Waals surface area (Å²) in [5.74, 6) is 0.724. The number of anilines is 1. The van der Waals surface area contributed by atoms with Crippen LogP contribution in [0.15, 0.2) is 52.0 Å². The molecule has 1 aromatic heterocycles. The van der Waals surface area contributed by atoms with E-state index in [1.54, 1.807) is 10.4 Å². The molecule has 1 aliphatic rings. The lowest BCUT2D eigenvalue weighted by Gasteiger charge is -2.26. The number of benzene rings is 1. The minimum Gasteiger partial charge on any atom is -0.354 e. The molecular weight excluding hydrogens is 402 g/mol. The van der Waals surface area contributed by atoms with Crippen LogP contribution in [0.4, 0.5) is 5.82 Å². The van der Waals surface area contributed by atoms with Gasteiger partial charge in [-0.1, -0.05) is 36.8 Å². The zero-order chi connectivity index (χ0) is 17.9. The fourth-order valence-electron chi connectivity index (χ4n) is 3.02. The molecule has 0 unspecified atom stereocenters. The molecule has 0 radical (unpaired) electrons. The third kappa shape index (κ3) is 4.22. The molecule has 1 aromatic carbocycles. The van der Waals surface area contributed by atoms with Gasteiger partial charge in [0.05, 0.1) is 4.47 Å². The van der Waals surface area contributed by atoms with Gasteiger partial charge in [-0.05, 0) is 40.4 Å². The van der Waals surface area contributed by atoms with Gasteiger partial charge in [0, 0.05) is 32.9 Å². The summed E-state index contributed by atoms with van der Waals surface area (Å²) >= 11 is 3.49. The van der Waals surface area contributed by atoms with Gasteiger partial charge in [-0.3, -0.25) is 0 Å². The monoisotopic (exact) mass is 423 g/mol. The predicted molar refractivity (Wildman–Crippen MR) is 103 cm³/mol. The first-order chi connectivity index (χ1) is 12.0. The minimum atomic E-state index is -3.46. The molecule has 0 saturated carbocycles. The molecule has 1 saturated heterocycles. The predicted octanol–water partition coefficient (Wildman–Crippen LogP) is 3.66. The summed E-state index contributed by atoms with van der Waals surface area (Å²) in [6.07, 6.45) is 4.40. The van der Waals surface area contributed by atoms with Gasteiger partial charge in [-0.2, -0.15) is 4.31 Å². The molecular formula is C18H22BrN3O2S. The molecule has 2 aromatic rings. The SMILES string of the molecule is CN(Cc1ccccc1)c1ncc(S(=O)(=O)N2CCCCC2)cc1Br. The van der Waals surface area contributed by atoms with Gasteiger partial charge in [-0.15, -0.1) is 0 Å². The fourth-order valence-corrected chi connectivity index (χ4v) is 5.31. The highest BCUT2D eigenvalue weighted by Crippen LogP contribution is 2.28. The summed E-state index contributed by atoms with van der Waals surface area (Å²) in [7, 11) is -1.52. The van der Waals surface area contributed by atoms with Gasteiger partial charge in [0.1, 0.15) is 10.7 Å². The molecule has 25 heavy (non-hydrogen) atoms. The Morgan fingerprint density at radius 2 is 1.84 bits per heavy atom. The average molecular weight is 424 g/mol. The zero-order valence-corrected chi connectivity index (χ0v) is 16.6. The van der Waals surface area contributed by atoms with Crippen LogP contribution < -0.4 is 4.90 Å². The number of nitrogens with zero attached hydrogens (tertiary/aromatic N) is 3. The first kappa shape index (κ1) is 18.4. The topological polar surface area (TPSA) is 53.5 Å². The highest BCUT2D eigenvalue weighted by atomic mass is 79.9. The van der Waals surface area contributed by atoms with E-state index < -0.39 is 10.0 Å². The van der Waals surface area contributed by atoms with Crippen molar-refractivity contribution in [2.75, 3.05) is 25.0 Å². The van der Waals surface area contributed by atoms with E-state index in [2.05, 4.69) is 33.0 Å². The first-order valence-electron chi connectivity index (χ1n) is 8.39. The summed E-state index contributed by atoms with van der Waals surface area (Å²) in [6, 6.07) is 11.8. The molecule has 0 spiro atoms. The van der Waals surface area contributed by atoms with Crippen molar-refractivity contribution >= 4 is 31.8 Å². The molecule has 0 N–H and O–H groups in total. The number of hydrogen-bond donors (Lipinski definition) is 0. The largest absolute Gasteiger partial charge is 0.354 e. The molecule has 1 aliphatic heterocycles. The van der Waals surface area contributed by atoms with Crippen LogP contribution in [0.3, 0.4) is 0 Å². The van der Waals surface area contributed by atoms with Crippen LogP contribution in [-0.4, -0.2) is 37.8 Å². The lowest BCUT2D eigenvalue weighted by Crippen LogP contribution is -2.35. The molecule has 0 bridgehead atoms. The fraction of sp³-hybridized carbons (Fsp3) is 0.389. The van der Waals surface area contributed by atoms with Crippen LogP contribution >= 0.6 is 15.9 Å². The van der Waals surface area contributed by atoms with Crippen molar-refractivity contribution in [1.29, 1.82) is 0 Å². The molecule has 2 heterocycles. The third-order valence-corrected chi connectivity index (χ3v) is 6.82. The maximum Gasteiger partial charge on any atom is 0.244 e. The number of aromatic nitrogens is 1. The molecule has 3 rings (SSSR count). The number of sulfonamides is 1. The standard InChI is InChI=1S/C18H22BrN3O2S/c1-21(14-15-8-4-2-5-9-15)18-17(19)12-16(13-20-18)25(23,24)22-10-6-3-7-11-22/h2,4-5,8-9,12-13H,3,6-7,10-11,14H2,1H3. The number of hydrogen-bond acceptors (Lipinski definition) is 4. The van der Waals surface area contributed by atoms with Gasteiger partial charge < -0.3 is 4.90 Å². The van der Waals surface area contributed by atoms with Crippen LogP contribution in [0.1, 0.15) is 24.8 Å². The number of pyridine rings is 1. The Balaban J connectivity index is 1.80. The van der Waals surface area contributed by atoms with E-state index in [4.69, 9.17) is 0 Å². The molecule has 0 amide bonds. The first-order valence-corrected chi connectivity index (χ1v) is 10.6. The highest BCUT2D eigenvalue weighted by Gasteiger charge is 2.27. The molecule has 7 heteroatoms. The summed E-state index contributed by atoms with van der Waals surface area (Å²) in [6.45, 7) is 1.88. The quantitative estimate of drug-likeness (QED) is 0.735. The minimum absolute atomic E-state index is 0.248. The summed E-state index contributed by atoms with van der Waals surface area (Å²) in [4.78, 5) is 6.65. The lowest BCUT2D eigenvalue weighted by molar-refractivity contribution is 0.346. The maximum absolute atomic E-state index is 12.8. The van der Waals surface area contributed by atoms with Crippen molar-refractivity contribution in [3.63, 3.8) is 0 Å². The Labute approximate surface area is 157 Å². The molecule has 1 fully saturated rings. The van der Waals surface area contributed by atoms with E-state index in [1.165, 1.54) is 11.8 Å². The summed E-state index contributed by atoms with van der Waals surface area (Å²) in [5.41, 5.74) is 1.17. The van der Waals surface area contributed by atoms with Crippen LogP contribution in [0, 0.1) is 0 Å². The average Bonchev–Trinajstić information content (AvgIpc) is 2.63. The maximum atomic E-state index is 12.8. The number of rotatable bonds is 5. The van der Waals surface area contributed by atoms with Crippen molar-refractivity contribution in [3.8, 4) is 0 Å². The molecule has 134 valence electrons. The summed E-state index contributed by atoms with van der Waals surface area (Å²) in [5, 5.41) is 0. The molecule has 0 aliphatic carbocycles. The normalized spacial score (nSPS) is 15.9. The van der Waals surface area contributed by atoms with Crippen molar-refractivity contribution in [1.82, 2.24) is 9.29 Å². The Hall–Kier alpha value is -1.44. The van der Waals surface area contributed by atoms with Gasteiger partial charge in [0.2, 0.25) is 10.0 Å². The molecule has 0 atom stereocenters. The number of halogens is 1. The Morgan fingerprint density at radius 1 is 1.16 bits per heavy atom. The second kappa shape index (κ2) is 7.85. The second-order valence-electron chi connectivity index (χ2n) is 6.28. The smallest absolute Gasteiger partial charge is 0.244 e. The number of piperidine rings is 1. The van der Waals surface area contributed by atoms with Crippen LogP contribution in [0.25, 0.3) is 0 Å². The second-order valence-corrected chi connectivity index (χ2v) is 9.08. The van der Waals surface area contributed by atoms with Crippen molar-refractivity contribution < 1.29 is 8.42 Å². The van der Waals surface area contributed by atoms with E-state index in [0.29, 0.717) is 24.1 Å². The third-order valence-electron chi connectivity index (χ3n) is 4.37. The van der Waals surface area contributed by atoms with Crippen LogP contribution in [0.2, 0.25) is 0 Å². The van der Waals surface area contributed by atoms with E-state index in [0.717, 1.165) is 25.1 Å². The zero-order valence-electron chi connectivity index (χ0n) is 14.2. The van der Waals surface area contributed by atoms with E-state index in [-0.39, 0.29) is 4.90 Å². The lowest BCUT2D eigenvalue weighted by atomic mass is 10.2. The van der Waals surface area contributed by atoms with Gasteiger partial charge in [0.15, 0.2) is 0 Å². The van der Waals surface area contributed by atoms with Gasteiger partial charge in [-0.25, -0.2) is 13.4 Å². The Bertz CT molecular complexity index is 821. The van der Waals surface area contributed by atoms with Crippen LogP contribution in [0.5, 0.6) is 0 Å². The Kier molecular flexibility index (Phi) is 5.76. The van der Waals surface area contributed by atoms with Gasteiger partial charge in [0.25, 0.3) is 0 Å².